The second kappa shape index (κ2) is 6.44. The molecule has 0 aliphatic carbocycles. The lowest BCUT2D eigenvalue weighted by molar-refractivity contribution is 0.0909. The highest BCUT2D eigenvalue weighted by Gasteiger charge is 2.17. The van der Waals surface area contributed by atoms with E-state index < -0.39 is 0 Å². The van der Waals surface area contributed by atoms with Crippen molar-refractivity contribution < 1.29 is 4.79 Å². The monoisotopic (exact) mass is 219 g/mol. The van der Waals surface area contributed by atoms with Gasteiger partial charge in [-0.05, 0) is 32.7 Å². The summed E-state index contributed by atoms with van der Waals surface area (Å²) < 4.78 is 0. The first-order chi connectivity index (χ1) is 7.69. The van der Waals surface area contributed by atoms with Crippen LogP contribution in [0.2, 0.25) is 0 Å². The van der Waals surface area contributed by atoms with Gasteiger partial charge in [-0.2, -0.15) is 0 Å². The van der Waals surface area contributed by atoms with Gasteiger partial charge in [-0.15, -0.1) is 0 Å². The van der Waals surface area contributed by atoms with E-state index in [-0.39, 0.29) is 11.7 Å². The third-order valence-electron chi connectivity index (χ3n) is 2.96. The smallest absolute Gasteiger partial charge is 0.165 e. The predicted octanol–water partition coefficient (Wildman–Crippen LogP) is 2.94. The quantitative estimate of drug-likeness (QED) is 0.747. The molecule has 1 unspecified atom stereocenters. The lowest BCUT2D eigenvalue weighted by Gasteiger charge is -2.13. The summed E-state index contributed by atoms with van der Waals surface area (Å²) in [5, 5.41) is 0. The molecule has 0 aromatic heterocycles. The molecule has 2 nitrogen and oxygen atoms in total. The Labute approximate surface area is 97.9 Å². The number of ketones is 1. The zero-order valence-corrected chi connectivity index (χ0v) is 10.2. The Bertz CT molecular complexity index is 329. The molecular weight excluding hydrogens is 198 g/mol. The molecule has 0 saturated heterocycles. The largest absolute Gasteiger partial charge is 0.330 e. The number of carbonyl (C=O) groups is 1. The van der Waals surface area contributed by atoms with Crippen LogP contribution in [-0.2, 0) is 0 Å². The normalized spacial score (nSPS) is 12.4. The van der Waals surface area contributed by atoms with Gasteiger partial charge in [-0.1, -0.05) is 36.8 Å². The van der Waals surface area contributed by atoms with Gasteiger partial charge in [0.05, 0.1) is 0 Å². The third kappa shape index (κ3) is 3.46. The number of Topliss-reactive ketones (excluding diaryl/α,β-unsaturated/α-hetero) is 1. The molecule has 2 heteroatoms. The van der Waals surface area contributed by atoms with Gasteiger partial charge in [0.15, 0.2) is 5.78 Å². The topological polar surface area (TPSA) is 43.1 Å². The summed E-state index contributed by atoms with van der Waals surface area (Å²) in [6.45, 7) is 4.75. The number of hydrogen-bond acceptors (Lipinski definition) is 2. The number of hydrogen-bond donors (Lipinski definition) is 1. The number of carbonyl (C=O) groups excluding carboxylic acids is 1. The van der Waals surface area contributed by atoms with E-state index in [9.17, 15) is 4.79 Å². The van der Waals surface area contributed by atoms with E-state index in [1.165, 1.54) is 5.56 Å². The average Bonchev–Trinajstić information content (AvgIpc) is 2.30. The van der Waals surface area contributed by atoms with Crippen LogP contribution in [-0.4, -0.2) is 12.3 Å². The van der Waals surface area contributed by atoms with Crippen LogP contribution < -0.4 is 5.73 Å². The molecule has 0 bridgehead atoms. The van der Waals surface area contributed by atoms with Crippen LogP contribution in [0.1, 0.15) is 42.1 Å². The summed E-state index contributed by atoms with van der Waals surface area (Å²) in [5.41, 5.74) is 7.49. The van der Waals surface area contributed by atoms with Crippen LogP contribution >= 0.6 is 0 Å². The van der Waals surface area contributed by atoms with Gasteiger partial charge in [0.25, 0.3) is 0 Å². The van der Waals surface area contributed by atoms with Crippen molar-refractivity contribution in [3.8, 4) is 0 Å². The SMILES string of the molecule is CCC(CCCN)C(=O)c1ccc(C)cc1. The summed E-state index contributed by atoms with van der Waals surface area (Å²) >= 11 is 0. The summed E-state index contributed by atoms with van der Waals surface area (Å²) in [7, 11) is 0. The minimum Gasteiger partial charge on any atom is -0.330 e. The van der Waals surface area contributed by atoms with E-state index in [0.717, 1.165) is 24.8 Å². The van der Waals surface area contributed by atoms with Crippen molar-refractivity contribution in [2.45, 2.75) is 33.1 Å². The molecule has 0 saturated carbocycles. The zero-order chi connectivity index (χ0) is 12.0. The van der Waals surface area contributed by atoms with Crippen molar-refractivity contribution in [1.82, 2.24) is 0 Å². The van der Waals surface area contributed by atoms with Gasteiger partial charge in [-0.3, -0.25) is 4.79 Å². The fraction of sp³-hybridized carbons (Fsp3) is 0.500. The molecule has 0 heterocycles. The molecule has 88 valence electrons. The lowest BCUT2D eigenvalue weighted by atomic mass is 9.91. The number of aryl methyl sites for hydroxylation is 1. The molecule has 1 aromatic rings. The van der Waals surface area contributed by atoms with Gasteiger partial charge in [0.1, 0.15) is 0 Å². The minimum atomic E-state index is 0.131. The van der Waals surface area contributed by atoms with Gasteiger partial charge in [0.2, 0.25) is 0 Å². The van der Waals surface area contributed by atoms with E-state index in [1.54, 1.807) is 0 Å². The maximum absolute atomic E-state index is 12.2. The van der Waals surface area contributed by atoms with E-state index in [0.29, 0.717) is 6.54 Å². The first-order valence-electron chi connectivity index (χ1n) is 6.00. The average molecular weight is 219 g/mol. The summed E-state index contributed by atoms with van der Waals surface area (Å²) in [4.78, 5) is 12.2. The number of benzene rings is 1. The minimum absolute atomic E-state index is 0.131. The highest BCUT2D eigenvalue weighted by Crippen LogP contribution is 2.17. The zero-order valence-electron chi connectivity index (χ0n) is 10.2. The number of nitrogens with two attached hydrogens (primary N) is 1. The van der Waals surface area contributed by atoms with Crippen LogP contribution in [0.5, 0.6) is 0 Å². The van der Waals surface area contributed by atoms with E-state index in [2.05, 4.69) is 6.92 Å². The van der Waals surface area contributed by atoms with Crippen LogP contribution in [0, 0.1) is 12.8 Å². The second-order valence-electron chi connectivity index (χ2n) is 4.27. The van der Waals surface area contributed by atoms with Crippen molar-refractivity contribution in [3.63, 3.8) is 0 Å². The molecule has 1 atom stereocenters. The first kappa shape index (κ1) is 12.9. The second-order valence-corrected chi connectivity index (χ2v) is 4.27. The number of rotatable bonds is 6. The van der Waals surface area contributed by atoms with E-state index in [1.807, 2.05) is 31.2 Å². The van der Waals surface area contributed by atoms with Crippen LogP contribution in [0.3, 0.4) is 0 Å². The molecule has 0 aliphatic heterocycles. The van der Waals surface area contributed by atoms with Gasteiger partial charge < -0.3 is 5.73 Å². The Morgan fingerprint density at radius 3 is 2.44 bits per heavy atom. The fourth-order valence-electron chi connectivity index (χ4n) is 1.84. The highest BCUT2D eigenvalue weighted by atomic mass is 16.1. The Balaban J connectivity index is 2.70. The third-order valence-corrected chi connectivity index (χ3v) is 2.96. The molecule has 0 fully saturated rings. The Hall–Kier alpha value is -1.15. The highest BCUT2D eigenvalue weighted by molar-refractivity contribution is 5.97. The Morgan fingerprint density at radius 1 is 1.31 bits per heavy atom. The van der Waals surface area contributed by atoms with Crippen LogP contribution in [0.15, 0.2) is 24.3 Å². The molecule has 16 heavy (non-hydrogen) atoms. The van der Waals surface area contributed by atoms with Gasteiger partial charge in [0, 0.05) is 11.5 Å². The van der Waals surface area contributed by atoms with Crippen molar-refractivity contribution in [1.29, 1.82) is 0 Å². The van der Waals surface area contributed by atoms with Crippen molar-refractivity contribution in [2.24, 2.45) is 11.7 Å². The van der Waals surface area contributed by atoms with Crippen LogP contribution in [0.4, 0.5) is 0 Å². The first-order valence-corrected chi connectivity index (χ1v) is 6.00. The summed E-state index contributed by atoms with van der Waals surface area (Å²) in [6, 6.07) is 7.82. The Kier molecular flexibility index (Phi) is 5.20. The summed E-state index contributed by atoms with van der Waals surface area (Å²) in [6.07, 6.45) is 2.72. The molecule has 1 aromatic carbocycles. The van der Waals surface area contributed by atoms with E-state index >= 15 is 0 Å². The predicted molar refractivity (Wildman–Crippen MR) is 67.6 cm³/mol. The maximum atomic E-state index is 12.2. The Morgan fingerprint density at radius 2 is 1.94 bits per heavy atom. The molecule has 0 aliphatic rings. The van der Waals surface area contributed by atoms with Crippen molar-refractivity contribution >= 4 is 5.78 Å². The molecule has 2 N–H and O–H groups in total. The molecule has 1 rings (SSSR count). The van der Waals surface area contributed by atoms with E-state index in [4.69, 9.17) is 5.73 Å². The molecule has 0 radical (unpaired) electrons. The molecule has 0 spiro atoms. The van der Waals surface area contributed by atoms with Gasteiger partial charge in [-0.25, -0.2) is 0 Å². The van der Waals surface area contributed by atoms with Gasteiger partial charge >= 0.3 is 0 Å². The lowest BCUT2D eigenvalue weighted by Crippen LogP contribution is -2.15. The van der Waals surface area contributed by atoms with Crippen LogP contribution in [0.25, 0.3) is 0 Å². The van der Waals surface area contributed by atoms with Crippen molar-refractivity contribution in [2.75, 3.05) is 6.54 Å². The summed E-state index contributed by atoms with van der Waals surface area (Å²) in [5.74, 6) is 0.391. The standard InChI is InChI=1S/C14H21NO/c1-3-12(5-4-10-15)14(16)13-8-6-11(2)7-9-13/h6-9,12H,3-5,10,15H2,1-2H3. The fourth-order valence-corrected chi connectivity index (χ4v) is 1.84. The molecule has 0 amide bonds. The molecular formula is C14H21NO. The van der Waals surface area contributed by atoms with Crippen molar-refractivity contribution in [3.05, 3.63) is 35.4 Å². The maximum Gasteiger partial charge on any atom is 0.165 e.